The van der Waals surface area contributed by atoms with Crippen LogP contribution in [0.25, 0.3) is 0 Å². The first kappa shape index (κ1) is 11.5. The lowest BCUT2D eigenvalue weighted by atomic mass is 11.1. The minimum Gasteiger partial charge on any atom is -0.370 e. The Kier molecular flexibility index (Phi) is 5.83. The van der Waals surface area contributed by atoms with Gasteiger partial charge in [0.15, 0.2) is 5.96 Å². The van der Waals surface area contributed by atoms with Crippen LogP contribution in [0, 0.1) is 5.41 Å². The van der Waals surface area contributed by atoms with Crippen molar-refractivity contribution in [1.29, 1.82) is 5.41 Å². The molecule has 0 aromatic heterocycles. The minimum atomic E-state index is -0.389. The summed E-state index contributed by atoms with van der Waals surface area (Å²) in [4.78, 5) is 0. The quantitative estimate of drug-likeness (QED) is 0.265. The summed E-state index contributed by atoms with van der Waals surface area (Å²) in [5, 5.41) is 6.06. The molecule has 0 spiro atoms. The van der Waals surface area contributed by atoms with Gasteiger partial charge in [0.2, 0.25) is 0 Å². The molecule has 0 saturated heterocycles. The molecule has 5 N–H and O–H groups in total. The van der Waals surface area contributed by atoms with Crippen LogP contribution in [-0.2, 0) is 0 Å². The highest BCUT2D eigenvalue weighted by Crippen LogP contribution is 2.40. The summed E-state index contributed by atoms with van der Waals surface area (Å²) < 4.78 is 0. The molecule has 0 saturated carbocycles. The van der Waals surface area contributed by atoms with Crippen molar-refractivity contribution in [1.82, 2.24) is 0 Å². The van der Waals surface area contributed by atoms with Gasteiger partial charge in [-0.05, 0) is 0 Å². The van der Waals surface area contributed by atoms with Crippen molar-refractivity contribution >= 4 is 13.2 Å². The summed E-state index contributed by atoms with van der Waals surface area (Å²) in [6.45, 7) is 9.19. The molecule has 56 valence electrons. The smallest absolute Gasteiger partial charge is 0.183 e. The third-order valence-corrected chi connectivity index (χ3v) is 0. The second-order valence-corrected chi connectivity index (χ2v) is 8.51. The van der Waals surface area contributed by atoms with Crippen LogP contribution in [0.2, 0.25) is 0 Å². The molecular weight excluding hydrogens is 133 g/mol. The van der Waals surface area contributed by atoms with Crippen molar-refractivity contribution in [2.24, 2.45) is 11.5 Å². The number of hydrogen-bond donors (Lipinski definition) is 3. The second kappa shape index (κ2) is 4.57. The van der Waals surface area contributed by atoms with Crippen molar-refractivity contribution in [3.63, 3.8) is 0 Å². The molecule has 9 heavy (non-hydrogen) atoms. The van der Waals surface area contributed by atoms with Gasteiger partial charge in [0.05, 0.1) is 0 Å². The predicted molar refractivity (Wildman–Crippen MR) is 46.7 cm³/mol. The van der Waals surface area contributed by atoms with Gasteiger partial charge in [-0.1, -0.05) is 0 Å². The lowest BCUT2D eigenvalue weighted by molar-refractivity contribution is 1.39. The summed E-state index contributed by atoms with van der Waals surface area (Å²) in [6.07, 6.45) is 0. The fourth-order valence-corrected chi connectivity index (χ4v) is 0. The van der Waals surface area contributed by atoms with E-state index in [0.29, 0.717) is 0 Å². The topological polar surface area (TPSA) is 75.9 Å². The van der Waals surface area contributed by atoms with E-state index in [1.807, 2.05) is 0 Å². The van der Waals surface area contributed by atoms with Crippen LogP contribution in [0.1, 0.15) is 0 Å². The third kappa shape index (κ3) is 2780. The van der Waals surface area contributed by atoms with Crippen LogP contribution in [0.5, 0.6) is 0 Å². The van der Waals surface area contributed by atoms with E-state index in [-0.39, 0.29) is 13.2 Å². The average Bonchev–Trinajstić information content (AvgIpc) is 1.19. The normalized spacial score (nSPS) is 9.33. The first-order chi connectivity index (χ1) is 3.73. The molecule has 0 bridgehead atoms. The van der Waals surface area contributed by atoms with E-state index in [2.05, 4.69) is 38.1 Å². The minimum absolute atomic E-state index is 0.333. The number of rotatable bonds is 0. The van der Waals surface area contributed by atoms with Gasteiger partial charge in [-0.3, -0.25) is 5.41 Å². The number of nitrogens with two attached hydrogens (primary N) is 2. The van der Waals surface area contributed by atoms with E-state index < -0.39 is 0 Å². The van der Waals surface area contributed by atoms with Gasteiger partial charge < -0.3 is 11.5 Å². The lowest BCUT2D eigenvalue weighted by Crippen LogP contribution is -2.20. The highest BCUT2D eigenvalue weighted by Gasteiger charge is 2.03. The molecule has 0 aliphatic heterocycles. The van der Waals surface area contributed by atoms with Gasteiger partial charge in [0.1, 0.15) is 0 Å². The average molecular weight is 150 g/mol. The molecule has 0 radical (unpaired) electrons. The van der Waals surface area contributed by atoms with Crippen LogP contribution in [0.3, 0.4) is 0 Å². The summed E-state index contributed by atoms with van der Waals surface area (Å²) in [5.41, 5.74) is 8.94. The summed E-state index contributed by atoms with van der Waals surface area (Å²) in [7, 11) is -0.389. The molecule has 0 heterocycles. The molecule has 0 aromatic rings. The first-order valence-electron chi connectivity index (χ1n) is 2.62. The maximum atomic E-state index is 6.06. The van der Waals surface area contributed by atoms with Crippen LogP contribution in [0.4, 0.5) is 0 Å². The SMILES string of the molecule is C[P+](C)(C)C.N=C(N)N. The molecule has 4 heteroatoms. The zero-order chi connectivity index (χ0) is 8.08. The van der Waals surface area contributed by atoms with E-state index in [1.165, 1.54) is 0 Å². The highest BCUT2D eigenvalue weighted by molar-refractivity contribution is 7.72. The van der Waals surface area contributed by atoms with Crippen molar-refractivity contribution in [3.05, 3.63) is 0 Å². The lowest BCUT2D eigenvalue weighted by Gasteiger charge is -1.97. The molecule has 0 aliphatic rings. The van der Waals surface area contributed by atoms with E-state index in [4.69, 9.17) is 5.41 Å². The molecule has 0 rings (SSSR count). The zero-order valence-electron chi connectivity index (χ0n) is 6.60. The van der Waals surface area contributed by atoms with Gasteiger partial charge >= 0.3 is 0 Å². The van der Waals surface area contributed by atoms with Crippen LogP contribution < -0.4 is 11.5 Å². The van der Waals surface area contributed by atoms with Gasteiger partial charge in [-0.15, -0.1) is 0 Å². The Labute approximate surface area is 57.7 Å². The molecule has 0 amide bonds. The Hall–Kier alpha value is -0.300. The molecular formula is C5H17N3P+. The maximum absolute atomic E-state index is 6.06. The van der Waals surface area contributed by atoms with Crippen LogP contribution in [-0.4, -0.2) is 32.6 Å². The van der Waals surface area contributed by atoms with Crippen molar-refractivity contribution in [3.8, 4) is 0 Å². The van der Waals surface area contributed by atoms with E-state index in [1.54, 1.807) is 0 Å². The Bertz CT molecular complexity index is 74.7. The van der Waals surface area contributed by atoms with Crippen molar-refractivity contribution in [2.75, 3.05) is 26.7 Å². The largest absolute Gasteiger partial charge is 0.370 e. The Balaban J connectivity index is 0. The maximum Gasteiger partial charge on any atom is 0.183 e. The summed E-state index contributed by atoms with van der Waals surface area (Å²) in [5.74, 6) is -0.333. The Morgan fingerprint density at radius 1 is 1.11 bits per heavy atom. The fourth-order valence-electron chi connectivity index (χ4n) is 0. The van der Waals surface area contributed by atoms with Gasteiger partial charge in [-0.25, -0.2) is 0 Å². The highest BCUT2D eigenvalue weighted by atomic mass is 31.2. The third-order valence-electron chi connectivity index (χ3n) is 0. The van der Waals surface area contributed by atoms with Crippen LogP contribution >= 0.6 is 7.26 Å². The summed E-state index contributed by atoms with van der Waals surface area (Å²) >= 11 is 0. The van der Waals surface area contributed by atoms with Crippen LogP contribution in [0.15, 0.2) is 0 Å². The predicted octanol–water partition coefficient (Wildman–Crippen LogP) is 0.362. The number of hydrogen-bond acceptors (Lipinski definition) is 1. The standard InChI is InChI=1S/C4H12P.CH5N3/c1-5(2,3)4;2-1(3)4/h1-4H3;(H5,2,3,4)/q+1;. The van der Waals surface area contributed by atoms with E-state index >= 15 is 0 Å². The fraction of sp³-hybridized carbons (Fsp3) is 0.800. The molecule has 3 nitrogen and oxygen atoms in total. The van der Waals surface area contributed by atoms with E-state index in [0.717, 1.165) is 0 Å². The van der Waals surface area contributed by atoms with E-state index in [9.17, 15) is 0 Å². The molecule has 0 unspecified atom stereocenters. The van der Waals surface area contributed by atoms with Gasteiger partial charge in [-0.2, -0.15) is 0 Å². The zero-order valence-corrected chi connectivity index (χ0v) is 7.50. The molecule has 0 fully saturated rings. The van der Waals surface area contributed by atoms with Crippen molar-refractivity contribution in [2.45, 2.75) is 0 Å². The Morgan fingerprint density at radius 2 is 1.11 bits per heavy atom. The second-order valence-electron chi connectivity index (χ2n) is 3.14. The Morgan fingerprint density at radius 3 is 1.11 bits per heavy atom. The molecule has 0 atom stereocenters. The molecule has 0 aromatic carbocycles. The number of nitrogens with one attached hydrogen (secondary N) is 1. The number of guanidine groups is 1. The first-order valence-corrected chi connectivity index (χ1v) is 6.19. The van der Waals surface area contributed by atoms with Crippen molar-refractivity contribution < 1.29 is 0 Å². The van der Waals surface area contributed by atoms with Gasteiger partial charge in [0.25, 0.3) is 0 Å². The molecule has 0 aliphatic carbocycles. The van der Waals surface area contributed by atoms with Gasteiger partial charge in [0, 0.05) is 33.9 Å². The monoisotopic (exact) mass is 150 g/mol. The summed E-state index contributed by atoms with van der Waals surface area (Å²) in [6, 6.07) is 0.